The monoisotopic (exact) mass is 298 g/mol. The van der Waals surface area contributed by atoms with Gasteiger partial charge in [-0.05, 0) is 42.8 Å². The topological polar surface area (TPSA) is 77.8 Å². The van der Waals surface area contributed by atoms with Crippen molar-refractivity contribution in [1.29, 1.82) is 0 Å². The molecule has 5 nitrogen and oxygen atoms in total. The number of hydrogen-bond acceptors (Lipinski definition) is 6. The van der Waals surface area contributed by atoms with Crippen LogP contribution in [0.25, 0.3) is 11.5 Å². The minimum Gasteiger partial charge on any atom is -0.399 e. The third-order valence-corrected chi connectivity index (χ3v) is 3.94. The smallest absolute Gasteiger partial charge is 0.237 e. The van der Waals surface area contributed by atoms with E-state index < -0.39 is 0 Å². The summed E-state index contributed by atoms with van der Waals surface area (Å²) in [6.07, 6.45) is 1.71. The minimum absolute atomic E-state index is 0.514. The van der Waals surface area contributed by atoms with Crippen LogP contribution < -0.4 is 5.73 Å². The highest BCUT2D eigenvalue weighted by molar-refractivity contribution is 7.98. The Morgan fingerprint density at radius 3 is 2.90 bits per heavy atom. The normalized spacial score (nSPS) is 10.7. The quantitative estimate of drug-likeness (QED) is 0.588. The third-order valence-electron chi connectivity index (χ3n) is 2.97. The summed E-state index contributed by atoms with van der Waals surface area (Å²) in [4.78, 5) is 9.67. The van der Waals surface area contributed by atoms with Gasteiger partial charge in [-0.3, -0.25) is 4.98 Å². The first kappa shape index (κ1) is 13.6. The number of nitrogens with zero attached hydrogens (tertiary/aromatic N) is 3. The van der Waals surface area contributed by atoms with Crippen molar-refractivity contribution in [3.8, 4) is 11.5 Å². The van der Waals surface area contributed by atoms with E-state index in [0.717, 1.165) is 16.1 Å². The number of pyridine rings is 1. The van der Waals surface area contributed by atoms with E-state index in [1.165, 1.54) is 0 Å². The largest absolute Gasteiger partial charge is 0.399 e. The van der Waals surface area contributed by atoms with Crippen LogP contribution in [0.15, 0.2) is 52.0 Å². The van der Waals surface area contributed by atoms with E-state index in [4.69, 9.17) is 10.3 Å². The summed E-state index contributed by atoms with van der Waals surface area (Å²) >= 11 is 1.63. The van der Waals surface area contributed by atoms with Gasteiger partial charge >= 0.3 is 0 Å². The molecule has 0 saturated heterocycles. The first-order valence-electron chi connectivity index (χ1n) is 6.45. The van der Waals surface area contributed by atoms with E-state index in [1.807, 2.05) is 37.3 Å². The lowest BCUT2D eigenvalue weighted by molar-refractivity contribution is 0.391. The molecule has 2 aromatic heterocycles. The predicted octanol–water partition coefficient (Wildman–Crippen LogP) is 3.31. The molecule has 0 radical (unpaired) electrons. The van der Waals surface area contributed by atoms with Crippen LogP contribution in [0, 0.1) is 6.92 Å². The van der Waals surface area contributed by atoms with E-state index in [-0.39, 0.29) is 0 Å². The van der Waals surface area contributed by atoms with Gasteiger partial charge in [-0.2, -0.15) is 4.98 Å². The molecular formula is C15H14N4OS. The molecule has 0 unspecified atom stereocenters. The molecule has 1 aromatic carbocycles. The second kappa shape index (κ2) is 5.97. The van der Waals surface area contributed by atoms with Gasteiger partial charge < -0.3 is 10.3 Å². The van der Waals surface area contributed by atoms with E-state index in [2.05, 4.69) is 21.2 Å². The second-order valence-electron chi connectivity index (χ2n) is 4.53. The molecular weight excluding hydrogens is 284 g/mol. The van der Waals surface area contributed by atoms with Crippen molar-refractivity contribution in [3.05, 3.63) is 54.0 Å². The van der Waals surface area contributed by atoms with Gasteiger partial charge in [0.05, 0.1) is 5.75 Å². The lowest BCUT2D eigenvalue weighted by Crippen LogP contribution is -1.89. The highest BCUT2D eigenvalue weighted by atomic mass is 32.2. The van der Waals surface area contributed by atoms with Crippen LogP contribution in [0.1, 0.15) is 11.5 Å². The number of benzene rings is 1. The maximum absolute atomic E-state index is 5.81. The van der Waals surface area contributed by atoms with Gasteiger partial charge in [-0.15, -0.1) is 11.8 Å². The average molecular weight is 298 g/mol. The van der Waals surface area contributed by atoms with Gasteiger partial charge in [0.25, 0.3) is 0 Å². The zero-order valence-electron chi connectivity index (χ0n) is 11.5. The molecule has 0 fully saturated rings. The maximum atomic E-state index is 5.81. The first-order valence-corrected chi connectivity index (χ1v) is 7.44. The van der Waals surface area contributed by atoms with Gasteiger partial charge in [0.2, 0.25) is 11.7 Å². The van der Waals surface area contributed by atoms with Crippen LogP contribution in [0.4, 0.5) is 5.69 Å². The van der Waals surface area contributed by atoms with E-state index in [1.54, 1.807) is 18.0 Å². The van der Waals surface area contributed by atoms with Crippen molar-refractivity contribution in [1.82, 2.24) is 15.1 Å². The van der Waals surface area contributed by atoms with Crippen LogP contribution in [0.5, 0.6) is 0 Å². The molecule has 106 valence electrons. The van der Waals surface area contributed by atoms with Crippen molar-refractivity contribution >= 4 is 17.4 Å². The second-order valence-corrected chi connectivity index (χ2v) is 5.58. The van der Waals surface area contributed by atoms with Crippen molar-refractivity contribution in [3.63, 3.8) is 0 Å². The van der Waals surface area contributed by atoms with E-state index in [9.17, 15) is 0 Å². The molecule has 2 N–H and O–H groups in total. The molecule has 21 heavy (non-hydrogen) atoms. The molecule has 6 heteroatoms. The molecule has 0 amide bonds. The number of anilines is 1. The van der Waals surface area contributed by atoms with Crippen LogP contribution in [0.3, 0.4) is 0 Å². The number of aromatic nitrogens is 3. The van der Waals surface area contributed by atoms with Crippen LogP contribution >= 0.6 is 11.8 Å². The molecule has 3 aromatic rings. The molecule has 0 aliphatic carbocycles. The molecule has 0 saturated carbocycles. The fraction of sp³-hybridized carbons (Fsp3) is 0.133. The Morgan fingerprint density at radius 1 is 1.24 bits per heavy atom. The summed E-state index contributed by atoms with van der Waals surface area (Å²) in [5.41, 5.74) is 8.39. The highest BCUT2D eigenvalue weighted by Gasteiger charge is 2.09. The molecule has 3 rings (SSSR count). The van der Waals surface area contributed by atoms with Gasteiger partial charge in [0, 0.05) is 16.8 Å². The maximum Gasteiger partial charge on any atom is 0.237 e. The Balaban J connectivity index is 1.69. The molecule has 0 bridgehead atoms. The molecule has 0 aliphatic heterocycles. The van der Waals surface area contributed by atoms with Gasteiger partial charge in [-0.1, -0.05) is 11.2 Å². The fourth-order valence-corrected chi connectivity index (χ4v) is 2.63. The minimum atomic E-state index is 0.514. The van der Waals surface area contributed by atoms with Crippen LogP contribution in [0.2, 0.25) is 0 Å². The Labute approximate surface area is 126 Å². The molecule has 0 aliphatic rings. The molecule has 2 heterocycles. The Morgan fingerprint density at radius 2 is 2.14 bits per heavy atom. The number of aryl methyl sites for hydroxylation is 1. The van der Waals surface area contributed by atoms with Gasteiger partial charge in [-0.25, -0.2) is 0 Å². The Kier molecular flexibility index (Phi) is 3.87. The fourth-order valence-electron chi connectivity index (χ4n) is 1.80. The standard InChI is InChI=1S/C15H14N4OS/c1-10-8-11(5-6-12(10)16)21-9-14-18-15(19-20-14)13-4-2-3-7-17-13/h2-8H,9,16H2,1H3. The summed E-state index contributed by atoms with van der Waals surface area (Å²) in [7, 11) is 0. The van der Waals surface area contributed by atoms with Crippen molar-refractivity contribution in [2.75, 3.05) is 5.73 Å². The Hall–Kier alpha value is -2.34. The average Bonchev–Trinajstić information content (AvgIpc) is 2.98. The van der Waals surface area contributed by atoms with Crippen molar-refractivity contribution in [2.24, 2.45) is 0 Å². The van der Waals surface area contributed by atoms with E-state index in [0.29, 0.717) is 23.2 Å². The number of hydrogen-bond donors (Lipinski definition) is 1. The number of nitrogens with two attached hydrogens (primary N) is 1. The summed E-state index contributed by atoms with van der Waals surface area (Å²) in [6, 6.07) is 11.5. The molecule has 0 spiro atoms. The van der Waals surface area contributed by atoms with Crippen molar-refractivity contribution in [2.45, 2.75) is 17.6 Å². The predicted molar refractivity (Wildman–Crippen MR) is 82.7 cm³/mol. The zero-order chi connectivity index (χ0) is 14.7. The third kappa shape index (κ3) is 3.22. The summed E-state index contributed by atoms with van der Waals surface area (Å²) in [6.45, 7) is 1.99. The van der Waals surface area contributed by atoms with Crippen molar-refractivity contribution < 1.29 is 4.52 Å². The summed E-state index contributed by atoms with van der Waals surface area (Å²) in [5, 5.41) is 3.95. The molecule has 0 atom stereocenters. The van der Waals surface area contributed by atoms with Crippen LogP contribution in [-0.4, -0.2) is 15.1 Å². The van der Waals surface area contributed by atoms with Gasteiger partial charge in [0.15, 0.2) is 0 Å². The number of thioether (sulfide) groups is 1. The number of rotatable bonds is 4. The lowest BCUT2D eigenvalue weighted by Gasteiger charge is -2.02. The van der Waals surface area contributed by atoms with Gasteiger partial charge in [0.1, 0.15) is 5.69 Å². The first-order chi connectivity index (χ1) is 10.2. The van der Waals surface area contributed by atoms with Crippen LogP contribution in [-0.2, 0) is 5.75 Å². The SMILES string of the molecule is Cc1cc(SCc2nc(-c3ccccn3)no2)ccc1N. The summed E-state index contributed by atoms with van der Waals surface area (Å²) in [5.74, 6) is 1.71. The Bertz CT molecular complexity index is 742. The summed E-state index contributed by atoms with van der Waals surface area (Å²) < 4.78 is 5.25. The van der Waals surface area contributed by atoms with E-state index >= 15 is 0 Å². The number of nitrogen functional groups attached to an aromatic ring is 1. The zero-order valence-corrected chi connectivity index (χ0v) is 12.3. The highest BCUT2D eigenvalue weighted by Crippen LogP contribution is 2.25. The lowest BCUT2D eigenvalue weighted by atomic mass is 10.2.